The lowest BCUT2D eigenvalue weighted by atomic mass is 9.77. The van der Waals surface area contributed by atoms with Gasteiger partial charge in [-0.05, 0) is 85.3 Å². The highest BCUT2D eigenvalue weighted by molar-refractivity contribution is 6.31. The minimum atomic E-state index is -1.14. The maximum Gasteiger partial charge on any atom is 0.362 e. The summed E-state index contributed by atoms with van der Waals surface area (Å²) in [5, 5.41) is 18.5. The fourth-order valence-corrected chi connectivity index (χ4v) is 5.35. The number of halogens is 1. The van der Waals surface area contributed by atoms with Gasteiger partial charge in [0.05, 0.1) is 13.7 Å². The number of aromatic carboxylic acids is 1. The Labute approximate surface area is 210 Å². The summed E-state index contributed by atoms with van der Waals surface area (Å²) in [6, 6.07) is 14.1. The first-order chi connectivity index (χ1) is 17.0. The van der Waals surface area contributed by atoms with Crippen LogP contribution in [0.4, 0.5) is 0 Å². The van der Waals surface area contributed by atoms with Crippen molar-refractivity contribution in [2.24, 2.45) is 0 Å². The molecule has 8 heteroatoms. The van der Waals surface area contributed by atoms with Crippen molar-refractivity contribution in [1.29, 1.82) is 0 Å². The molecule has 184 valence electrons. The van der Waals surface area contributed by atoms with Gasteiger partial charge in [-0.15, -0.1) is 5.10 Å². The van der Waals surface area contributed by atoms with Gasteiger partial charge in [0.25, 0.3) is 0 Å². The van der Waals surface area contributed by atoms with Crippen LogP contribution in [0.15, 0.2) is 42.5 Å². The van der Waals surface area contributed by atoms with Crippen LogP contribution in [0.3, 0.4) is 0 Å². The second kappa shape index (κ2) is 10.3. The van der Waals surface area contributed by atoms with E-state index in [4.69, 9.17) is 21.1 Å². The molecule has 0 amide bonds. The summed E-state index contributed by atoms with van der Waals surface area (Å²) in [7, 11) is 1.62. The van der Waals surface area contributed by atoms with E-state index in [0.717, 1.165) is 42.0 Å². The SMILES string of the molecule is COc1ccc(Cn2nnc(C(=O)O)c2OC2CCC(c3ccc(Cl)c(C4CCC4)c3)CC2)cc1. The summed E-state index contributed by atoms with van der Waals surface area (Å²) in [5.41, 5.74) is 3.45. The maximum absolute atomic E-state index is 11.8. The fourth-order valence-electron chi connectivity index (χ4n) is 5.08. The van der Waals surface area contributed by atoms with Crippen LogP contribution in [0, 0.1) is 0 Å². The number of hydrogen-bond donors (Lipinski definition) is 1. The van der Waals surface area contributed by atoms with Crippen molar-refractivity contribution in [3.63, 3.8) is 0 Å². The highest BCUT2D eigenvalue weighted by Gasteiger charge is 2.29. The lowest BCUT2D eigenvalue weighted by molar-refractivity contribution is 0.0676. The number of nitrogens with zero attached hydrogens (tertiary/aromatic N) is 3. The molecule has 35 heavy (non-hydrogen) atoms. The summed E-state index contributed by atoms with van der Waals surface area (Å²) in [5.74, 6) is 0.907. The second-order valence-electron chi connectivity index (χ2n) is 9.55. The highest BCUT2D eigenvalue weighted by Crippen LogP contribution is 2.42. The van der Waals surface area contributed by atoms with Crippen molar-refractivity contribution in [3.8, 4) is 11.6 Å². The van der Waals surface area contributed by atoms with Crippen LogP contribution in [-0.4, -0.2) is 39.3 Å². The number of ether oxygens (including phenoxy) is 2. The molecule has 0 aliphatic heterocycles. The standard InChI is InChI=1S/C27H30ClN3O4/c1-34-21-10-5-17(6-11-21)16-31-26(25(27(32)33)29-30-31)35-22-12-7-18(8-13-22)20-9-14-24(28)23(15-20)19-3-2-4-19/h5-6,9-11,14-15,18-19,22H,2-4,7-8,12-13,16H2,1H3,(H,32,33). The normalized spacial score (nSPS) is 20.3. The number of hydrogen-bond acceptors (Lipinski definition) is 5. The first kappa shape index (κ1) is 23.7. The van der Waals surface area contributed by atoms with Crippen molar-refractivity contribution in [2.45, 2.75) is 69.4 Å². The zero-order chi connectivity index (χ0) is 24.4. The van der Waals surface area contributed by atoms with E-state index in [-0.39, 0.29) is 17.7 Å². The lowest BCUT2D eigenvalue weighted by Crippen LogP contribution is -2.25. The van der Waals surface area contributed by atoms with E-state index >= 15 is 0 Å². The molecule has 0 bridgehead atoms. The molecule has 0 spiro atoms. The Kier molecular flexibility index (Phi) is 6.95. The number of methoxy groups -OCH3 is 1. The zero-order valence-corrected chi connectivity index (χ0v) is 20.6. The Hall–Kier alpha value is -3.06. The molecule has 0 radical (unpaired) electrons. The molecule has 1 heterocycles. The lowest BCUT2D eigenvalue weighted by Gasteiger charge is -2.31. The molecule has 1 N–H and O–H groups in total. The Morgan fingerprint density at radius 3 is 2.43 bits per heavy atom. The van der Waals surface area contributed by atoms with Gasteiger partial charge in [0, 0.05) is 5.02 Å². The third-order valence-corrected chi connectivity index (χ3v) is 7.72. The first-order valence-corrected chi connectivity index (χ1v) is 12.7. The number of carboxylic acid groups (broad SMARTS) is 1. The fraction of sp³-hybridized carbons (Fsp3) is 0.444. The summed E-state index contributed by atoms with van der Waals surface area (Å²) >= 11 is 6.49. The third-order valence-electron chi connectivity index (χ3n) is 7.37. The van der Waals surface area contributed by atoms with Gasteiger partial charge in [-0.2, -0.15) is 0 Å². The molecule has 0 unspecified atom stereocenters. The van der Waals surface area contributed by atoms with E-state index in [0.29, 0.717) is 18.4 Å². The van der Waals surface area contributed by atoms with E-state index in [1.807, 2.05) is 24.3 Å². The van der Waals surface area contributed by atoms with Gasteiger partial charge in [0.15, 0.2) is 0 Å². The highest BCUT2D eigenvalue weighted by atomic mass is 35.5. The molecule has 2 saturated carbocycles. The molecule has 2 aromatic carbocycles. The summed E-state index contributed by atoms with van der Waals surface area (Å²) in [4.78, 5) is 11.8. The Bertz CT molecular complexity index is 1180. The van der Waals surface area contributed by atoms with E-state index in [1.54, 1.807) is 7.11 Å². The number of carboxylic acids is 1. The van der Waals surface area contributed by atoms with Gasteiger partial charge in [-0.3, -0.25) is 0 Å². The number of rotatable bonds is 8. The second-order valence-corrected chi connectivity index (χ2v) is 9.96. The average molecular weight is 496 g/mol. The molecule has 2 aliphatic carbocycles. The van der Waals surface area contributed by atoms with Gasteiger partial charge in [0.1, 0.15) is 11.9 Å². The minimum Gasteiger partial charge on any atom is -0.497 e. The quantitative estimate of drug-likeness (QED) is 0.408. The molecule has 5 rings (SSSR count). The van der Waals surface area contributed by atoms with Gasteiger partial charge in [-0.1, -0.05) is 47.5 Å². The largest absolute Gasteiger partial charge is 0.497 e. The number of aromatic nitrogens is 3. The predicted octanol–water partition coefficient (Wildman–Crippen LogP) is 6.06. The number of carbonyl (C=O) groups is 1. The molecule has 3 aromatic rings. The average Bonchev–Trinajstić information content (AvgIpc) is 3.22. The van der Waals surface area contributed by atoms with Crippen LogP contribution in [0.5, 0.6) is 11.6 Å². The van der Waals surface area contributed by atoms with E-state index in [1.165, 1.54) is 35.1 Å². The van der Waals surface area contributed by atoms with Crippen molar-refractivity contribution < 1.29 is 19.4 Å². The molecule has 7 nitrogen and oxygen atoms in total. The summed E-state index contributed by atoms with van der Waals surface area (Å²) in [6.07, 6.45) is 7.34. The minimum absolute atomic E-state index is 0.0733. The summed E-state index contributed by atoms with van der Waals surface area (Å²) in [6.45, 7) is 0.365. The Balaban J connectivity index is 1.26. The molecule has 2 fully saturated rings. The van der Waals surface area contributed by atoms with Crippen molar-refractivity contribution in [3.05, 3.63) is 69.9 Å². The van der Waals surface area contributed by atoms with Gasteiger partial charge in [-0.25, -0.2) is 9.48 Å². The van der Waals surface area contributed by atoms with Gasteiger partial charge >= 0.3 is 5.97 Å². The smallest absolute Gasteiger partial charge is 0.362 e. The van der Waals surface area contributed by atoms with Crippen LogP contribution in [0.25, 0.3) is 0 Å². The molecular weight excluding hydrogens is 466 g/mol. The third kappa shape index (κ3) is 5.15. The summed E-state index contributed by atoms with van der Waals surface area (Å²) < 4.78 is 13.0. The van der Waals surface area contributed by atoms with Crippen LogP contribution < -0.4 is 9.47 Å². The van der Waals surface area contributed by atoms with Crippen LogP contribution in [-0.2, 0) is 6.54 Å². The molecule has 0 atom stereocenters. The molecule has 0 saturated heterocycles. The van der Waals surface area contributed by atoms with Gasteiger partial charge < -0.3 is 14.6 Å². The zero-order valence-electron chi connectivity index (χ0n) is 19.8. The van der Waals surface area contributed by atoms with Crippen LogP contribution in [0.2, 0.25) is 5.02 Å². The van der Waals surface area contributed by atoms with Crippen LogP contribution >= 0.6 is 11.6 Å². The topological polar surface area (TPSA) is 86.5 Å². The van der Waals surface area contributed by atoms with Crippen molar-refractivity contribution >= 4 is 17.6 Å². The van der Waals surface area contributed by atoms with Crippen molar-refractivity contribution in [2.75, 3.05) is 7.11 Å². The van der Waals surface area contributed by atoms with Crippen molar-refractivity contribution in [1.82, 2.24) is 15.0 Å². The molecule has 1 aromatic heterocycles. The number of benzene rings is 2. The van der Waals surface area contributed by atoms with E-state index < -0.39 is 5.97 Å². The van der Waals surface area contributed by atoms with E-state index in [2.05, 4.69) is 28.5 Å². The Morgan fingerprint density at radius 1 is 1.06 bits per heavy atom. The first-order valence-electron chi connectivity index (χ1n) is 12.3. The van der Waals surface area contributed by atoms with Gasteiger partial charge in [0.2, 0.25) is 11.6 Å². The monoisotopic (exact) mass is 495 g/mol. The van der Waals surface area contributed by atoms with E-state index in [9.17, 15) is 9.90 Å². The maximum atomic E-state index is 11.8. The Morgan fingerprint density at radius 2 is 1.80 bits per heavy atom. The predicted molar refractivity (Wildman–Crippen MR) is 133 cm³/mol. The molecule has 2 aliphatic rings. The van der Waals surface area contributed by atoms with Crippen LogP contribution in [0.1, 0.15) is 84.0 Å². The molecular formula is C27H30ClN3O4.